The number of aromatic nitrogens is 4. The molecule has 4 rings (SSSR count). The molecule has 0 spiro atoms. The number of H-pyrrole nitrogens is 1. The van der Waals surface area contributed by atoms with Crippen molar-refractivity contribution in [1.29, 1.82) is 0 Å². The molecule has 0 unspecified atom stereocenters. The standard InChI is InChI=1S/C23H29N5O2/c1-12-9-13(2)25-22(30)17(12)11-24-21(29)16-10-18(15-7-8-15)26-20-19(16)14(3)27-28(20)23(4,5)6/h9-10,15H,7-8,11H2,1-6H3,(H,24,29)(H,25,30). The van der Waals surface area contributed by atoms with E-state index in [0.29, 0.717) is 17.0 Å². The summed E-state index contributed by atoms with van der Waals surface area (Å²) in [5.41, 5.74) is 4.89. The van der Waals surface area contributed by atoms with Gasteiger partial charge in [0.25, 0.3) is 11.5 Å². The SMILES string of the molecule is Cc1cc(C)c(CNC(=O)c2cc(C3CC3)nc3c2c(C)nn3C(C)(C)C)c(=O)[nH]1. The zero-order valence-electron chi connectivity index (χ0n) is 18.5. The van der Waals surface area contributed by atoms with Gasteiger partial charge in [-0.1, -0.05) is 0 Å². The Kier molecular flexibility index (Phi) is 4.79. The number of aromatic amines is 1. The Bertz CT molecular complexity index is 1210. The zero-order valence-corrected chi connectivity index (χ0v) is 18.5. The van der Waals surface area contributed by atoms with E-state index in [1.807, 2.05) is 37.6 Å². The Hall–Kier alpha value is -2.96. The third-order valence-corrected chi connectivity index (χ3v) is 5.63. The van der Waals surface area contributed by atoms with Crippen LogP contribution < -0.4 is 10.9 Å². The van der Waals surface area contributed by atoms with Crippen LogP contribution in [0.25, 0.3) is 11.0 Å². The Morgan fingerprint density at radius 1 is 1.23 bits per heavy atom. The highest BCUT2D eigenvalue weighted by molar-refractivity contribution is 6.06. The molecule has 0 bridgehead atoms. The number of nitrogens with one attached hydrogen (secondary N) is 2. The minimum absolute atomic E-state index is 0.164. The fourth-order valence-electron chi connectivity index (χ4n) is 3.91. The molecule has 2 N–H and O–H groups in total. The summed E-state index contributed by atoms with van der Waals surface area (Å²) in [6.45, 7) is 12.1. The fraction of sp³-hybridized carbons (Fsp3) is 0.478. The summed E-state index contributed by atoms with van der Waals surface area (Å²) < 4.78 is 1.91. The Morgan fingerprint density at radius 3 is 2.53 bits per heavy atom. The third-order valence-electron chi connectivity index (χ3n) is 5.63. The highest BCUT2D eigenvalue weighted by Crippen LogP contribution is 2.41. The maximum Gasteiger partial charge on any atom is 0.253 e. The smallest absolute Gasteiger partial charge is 0.253 e. The van der Waals surface area contributed by atoms with Crippen LogP contribution in [0.15, 0.2) is 16.9 Å². The number of hydrogen-bond donors (Lipinski definition) is 2. The Labute approximate surface area is 175 Å². The highest BCUT2D eigenvalue weighted by atomic mass is 16.1. The molecule has 3 aromatic rings. The summed E-state index contributed by atoms with van der Waals surface area (Å²) in [4.78, 5) is 33.2. The lowest BCUT2D eigenvalue weighted by molar-refractivity contribution is 0.0952. The first kappa shape index (κ1) is 20.3. The minimum atomic E-state index is -0.248. The number of amides is 1. The molecule has 1 fully saturated rings. The number of nitrogens with zero attached hydrogens (tertiary/aromatic N) is 3. The summed E-state index contributed by atoms with van der Waals surface area (Å²) in [7, 11) is 0. The van der Waals surface area contributed by atoms with Gasteiger partial charge in [-0.2, -0.15) is 5.10 Å². The molecular weight excluding hydrogens is 378 g/mol. The van der Waals surface area contributed by atoms with Crippen LogP contribution in [0.3, 0.4) is 0 Å². The highest BCUT2D eigenvalue weighted by Gasteiger charge is 2.30. The molecule has 1 amide bonds. The Balaban J connectivity index is 1.75. The first-order valence-corrected chi connectivity index (χ1v) is 10.4. The molecule has 1 aliphatic rings. The van der Waals surface area contributed by atoms with Gasteiger partial charge in [-0.3, -0.25) is 9.59 Å². The van der Waals surface area contributed by atoms with Crippen LogP contribution in [-0.2, 0) is 12.1 Å². The van der Waals surface area contributed by atoms with Crippen molar-refractivity contribution in [1.82, 2.24) is 25.1 Å². The van der Waals surface area contributed by atoms with Gasteiger partial charge in [0.05, 0.1) is 22.2 Å². The zero-order chi connectivity index (χ0) is 21.8. The average molecular weight is 408 g/mol. The quantitative estimate of drug-likeness (QED) is 0.691. The van der Waals surface area contributed by atoms with Crippen LogP contribution in [0.4, 0.5) is 0 Å². The van der Waals surface area contributed by atoms with E-state index >= 15 is 0 Å². The topological polar surface area (TPSA) is 92.7 Å². The van der Waals surface area contributed by atoms with E-state index in [-0.39, 0.29) is 23.6 Å². The normalized spacial score (nSPS) is 14.3. The predicted octanol–water partition coefficient (Wildman–Crippen LogP) is 3.61. The fourth-order valence-corrected chi connectivity index (χ4v) is 3.91. The second-order valence-corrected chi connectivity index (χ2v) is 9.36. The molecule has 0 radical (unpaired) electrons. The van der Waals surface area contributed by atoms with Crippen LogP contribution in [0, 0.1) is 20.8 Å². The molecule has 1 saturated carbocycles. The van der Waals surface area contributed by atoms with Crippen molar-refractivity contribution in [3.8, 4) is 0 Å². The van der Waals surface area contributed by atoms with Crippen LogP contribution in [0.5, 0.6) is 0 Å². The molecule has 0 aromatic carbocycles. The largest absolute Gasteiger partial charge is 0.348 e. The number of pyridine rings is 2. The first-order chi connectivity index (χ1) is 14.1. The molecule has 3 heterocycles. The van der Waals surface area contributed by atoms with E-state index < -0.39 is 0 Å². The van der Waals surface area contributed by atoms with Crippen LogP contribution in [-0.4, -0.2) is 25.7 Å². The van der Waals surface area contributed by atoms with Gasteiger partial charge in [-0.15, -0.1) is 0 Å². The minimum Gasteiger partial charge on any atom is -0.348 e. The molecular formula is C23H29N5O2. The average Bonchev–Trinajstić information content (AvgIpc) is 3.43. The molecule has 0 aliphatic heterocycles. The van der Waals surface area contributed by atoms with Gasteiger partial charge < -0.3 is 10.3 Å². The summed E-state index contributed by atoms with van der Waals surface area (Å²) in [6, 6.07) is 3.82. The predicted molar refractivity (Wildman–Crippen MR) is 117 cm³/mol. The van der Waals surface area contributed by atoms with Gasteiger partial charge in [0.15, 0.2) is 5.65 Å². The summed E-state index contributed by atoms with van der Waals surface area (Å²) >= 11 is 0. The van der Waals surface area contributed by atoms with E-state index in [0.717, 1.165) is 46.5 Å². The second kappa shape index (κ2) is 7.07. The van der Waals surface area contributed by atoms with Crippen molar-refractivity contribution in [3.05, 3.63) is 56.3 Å². The number of carbonyl (C=O) groups excluding carboxylic acids is 1. The van der Waals surface area contributed by atoms with Crippen molar-refractivity contribution >= 4 is 16.9 Å². The van der Waals surface area contributed by atoms with Crippen molar-refractivity contribution in [2.75, 3.05) is 0 Å². The number of carbonyl (C=O) groups is 1. The van der Waals surface area contributed by atoms with Crippen LogP contribution in [0.1, 0.15) is 78.1 Å². The lowest BCUT2D eigenvalue weighted by atomic mass is 10.1. The van der Waals surface area contributed by atoms with Gasteiger partial charge in [-0.25, -0.2) is 9.67 Å². The van der Waals surface area contributed by atoms with Gasteiger partial charge in [0.1, 0.15) is 0 Å². The van der Waals surface area contributed by atoms with E-state index in [9.17, 15) is 9.59 Å². The molecule has 1 aliphatic carbocycles. The summed E-state index contributed by atoms with van der Waals surface area (Å²) in [6.07, 6.45) is 2.19. The maximum atomic E-state index is 13.2. The van der Waals surface area contributed by atoms with Crippen LogP contribution >= 0.6 is 0 Å². The molecule has 0 saturated heterocycles. The van der Waals surface area contributed by atoms with Crippen LogP contribution in [0.2, 0.25) is 0 Å². The second-order valence-electron chi connectivity index (χ2n) is 9.36. The monoisotopic (exact) mass is 407 g/mol. The van der Waals surface area contributed by atoms with E-state index in [1.165, 1.54) is 0 Å². The molecule has 7 heteroatoms. The maximum absolute atomic E-state index is 13.2. The summed E-state index contributed by atoms with van der Waals surface area (Å²) in [5.74, 6) is 0.201. The van der Waals surface area contributed by atoms with Gasteiger partial charge in [0.2, 0.25) is 0 Å². The van der Waals surface area contributed by atoms with Gasteiger partial charge >= 0.3 is 0 Å². The third kappa shape index (κ3) is 3.64. The van der Waals surface area contributed by atoms with Gasteiger partial charge in [0, 0.05) is 29.4 Å². The Morgan fingerprint density at radius 2 is 1.93 bits per heavy atom. The number of fused-ring (bicyclic) bond motifs is 1. The number of aryl methyl sites for hydroxylation is 3. The van der Waals surface area contributed by atoms with Crippen molar-refractivity contribution < 1.29 is 4.79 Å². The lowest BCUT2D eigenvalue weighted by Gasteiger charge is -2.20. The molecule has 3 aromatic heterocycles. The molecule has 158 valence electrons. The number of rotatable bonds is 4. The molecule has 7 nitrogen and oxygen atoms in total. The first-order valence-electron chi connectivity index (χ1n) is 10.4. The van der Waals surface area contributed by atoms with E-state index in [1.54, 1.807) is 0 Å². The molecule has 30 heavy (non-hydrogen) atoms. The van der Waals surface area contributed by atoms with Crippen molar-refractivity contribution in [2.45, 2.75) is 72.4 Å². The van der Waals surface area contributed by atoms with Crippen molar-refractivity contribution in [2.24, 2.45) is 0 Å². The summed E-state index contributed by atoms with van der Waals surface area (Å²) in [5, 5.41) is 8.43. The van der Waals surface area contributed by atoms with E-state index in [2.05, 4.69) is 31.1 Å². The molecule has 0 atom stereocenters. The van der Waals surface area contributed by atoms with Gasteiger partial charge in [-0.05, 0) is 72.1 Å². The van der Waals surface area contributed by atoms with E-state index in [4.69, 9.17) is 10.1 Å². The number of hydrogen-bond acceptors (Lipinski definition) is 4. The van der Waals surface area contributed by atoms with Crippen molar-refractivity contribution in [3.63, 3.8) is 0 Å². The lowest BCUT2D eigenvalue weighted by Crippen LogP contribution is -2.28.